The van der Waals surface area contributed by atoms with Gasteiger partial charge in [-0.15, -0.1) is 0 Å². The van der Waals surface area contributed by atoms with Gasteiger partial charge in [-0.3, -0.25) is 0 Å². The molecule has 0 atom stereocenters. The van der Waals surface area contributed by atoms with Crippen molar-refractivity contribution in [1.82, 2.24) is 0 Å². The Morgan fingerprint density at radius 3 is 1.25 bits per heavy atom. The second-order valence-corrected chi connectivity index (χ2v) is 19.4. The van der Waals surface area contributed by atoms with E-state index in [0.29, 0.717) is 0 Å². The molecule has 1 heteroatoms. The number of para-hydroxylation sites is 1. The summed E-state index contributed by atoms with van der Waals surface area (Å²) in [5, 5.41) is 2.44. The Morgan fingerprint density at radius 1 is 0.247 bits per heavy atom. The first-order valence-electron chi connectivity index (χ1n) is 25.4. The van der Waals surface area contributed by atoms with Crippen molar-refractivity contribution in [2.75, 3.05) is 4.90 Å². The highest BCUT2D eigenvalue weighted by molar-refractivity contribution is 6.09. The molecule has 1 nitrogen and oxygen atoms in total. The normalized spacial score (nSPS) is 13.4. The van der Waals surface area contributed by atoms with Crippen LogP contribution in [-0.2, 0) is 10.8 Å². The third kappa shape index (κ3) is 6.35. The maximum Gasteiger partial charge on any atom is 0.0714 e. The van der Waals surface area contributed by atoms with Gasteiger partial charge in [-0.2, -0.15) is 0 Å². The van der Waals surface area contributed by atoms with E-state index in [9.17, 15) is 0 Å². The Hall–Kier alpha value is -9.30. The molecule has 0 amide bonds. The van der Waals surface area contributed by atoms with Crippen LogP contribution in [0.1, 0.15) is 44.5 Å². The zero-order valence-corrected chi connectivity index (χ0v) is 40.2. The van der Waals surface area contributed by atoms with Gasteiger partial charge in [0.25, 0.3) is 0 Å². The Balaban J connectivity index is 1.10. The van der Waals surface area contributed by atoms with Crippen LogP contribution in [0, 0.1) is 0 Å². The number of hydrogen-bond acceptors (Lipinski definition) is 1. The molecule has 12 aromatic rings. The van der Waals surface area contributed by atoms with E-state index in [0.717, 1.165) is 22.6 Å². The Labute approximate surface area is 427 Å². The van der Waals surface area contributed by atoms with Crippen LogP contribution in [0.2, 0.25) is 0 Å². The molecule has 0 spiro atoms. The molecule has 0 aliphatic heterocycles. The number of rotatable bonds is 9. The average Bonchev–Trinajstić information content (AvgIpc) is 3.95. The van der Waals surface area contributed by atoms with Crippen molar-refractivity contribution in [3.05, 3.63) is 342 Å². The highest BCUT2D eigenvalue weighted by Gasteiger charge is 2.49. The summed E-state index contributed by atoms with van der Waals surface area (Å²) in [6, 6.07) is 111. The maximum absolute atomic E-state index is 2.58. The van der Waals surface area contributed by atoms with Crippen LogP contribution in [-0.4, -0.2) is 0 Å². The molecule has 0 fully saturated rings. The summed E-state index contributed by atoms with van der Waals surface area (Å²) in [4.78, 5) is 2.58. The van der Waals surface area contributed by atoms with Crippen LogP contribution in [0.15, 0.2) is 297 Å². The molecule has 0 heterocycles. The first-order valence-corrected chi connectivity index (χ1v) is 25.4. The molecule has 12 aromatic carbocycles. The highest BCUT2D eigenvalue weighted by Crippen LogP contribution is 2.61. The van der Waals surface area contributed by atoms with Crippen LogP contribution in [0.25, 0.3) is 55.3 Å². The van der Waals surface area contributed by atoms with E-state index in [4.69, 9.17) is 0 Å². The average molecular weight is 928 g/mol. The molecular formula is C72H49N. The molecule has 0 aromatic heterocycles. The summed E-state index contributed by atoms with van der Waals surface area (Å²) in [5.74, 6) is 0. The monoisotopic (exact) mass is 927 g/mol. The van der Waals surface area contributed by atoms with Crippen LogP contribution in [0.5, 0.6) is 0 Å². The van der Waals surface area contributed by atoms with Gasteiger partial charge in [0.05, 0.1) is 22.2 Å². The Kier molecular flexibility index (Phi) is 10.0. The Morgan fingerprint density at radius 2 is 0.644 bits per heavy atom. The van der Waals surface area contributed by atoms with E-state index >= 15 is 0 Å². The van der Waals surface area contributed by atoms with Crippen LogP contribution < -0.4 is 4.90 Å². The number of hydrogen-bond donors (Lipinski definition) is 0. The van der Waals surface area contributed by atoms with E-state index in [1.165, 1.54) is 94.2 Å². The lowest BCUT2D eigenvalue weighted by atomic mass is 9.67. The van der Waals surface area contributed by atoms with E-state index in [1.54, 1.807) is 0 Å². The summed E-state index contributed by atoms with van der Waals surface area (Å²) in [6.07, 6.45) is 0. The molecule has 0 N–H and O–H groups in total. The number of anilines is 3. The van der Waals surface area contributed by atoms with Crippen molar-refractivity contribution in [3.63, 3.8) is 0 Å². The molecule has 342 valence electrons. The molecule has 73 heavy (non-hydrogen) atoms. The lowest BCUT2D eigenvalue weighted by Crippen LogP contribution is -2.29. The van der Waals surface area contributed by atoms with Gasteiger partial charge in [0.2, 0.25) is 0 Å². The van der Waals surface area contributed by atoms with Crippen molar-refractivity contribution < 1.29 is 0 Å². The number of nitrogens with zero attached hydrogens (tertiary/aromatic N) is 1. The predicted octanol–water partition coefficient (Wildman–Crippen LogP) is 18.4. The van der Waals surface area contributed by atoms with Gasteiger partial charge in [-0.05, 0) is 113 Å². The first-order chi connectivity index (χ1) is 36.3. The molecular weight excluding hydrogens is 879 g/mol. The lowest BCUT2D eigenvalue weighted by Gasteiger charge is -2.36. The second-order valence-electron chi connectivity index (χ2n) is 19.4. The third-order valence-corrected chi connectivity index (χ3v) is 15.8. The Bertz CT molecular complexity index is 3930. The van der Waals surface area contributed by atoms with Gasteiger partial charge >= 0.3 is 0 Å². The fourth-order valence-corrected chi connectivity index (χ4v) is 13.0. The van der Waals surface area contributed by atoms with Gasteiger partial charge in [-0.25, -0.2) is 0 Å². The summed E-state index contributed by atoms with van der Waals surface area (Å²) >= 11 is 0. The van der Waals surface area contributed by atoms with Crippen LogP contribution >= 0.6 is 0 Å². The zero-order valence-electron chi connectivity index (χ0n) is 40.2. The van der Waals surface area contributed by atoms with Gasteiger partial charge in [0.15, 0.2) is 0 Å². The number of fused-ring (bicyclic) bond motifs is 7. The molecule has 2 aliphatic rings. The summed E-state index contributed by atoms with van der Waals surface area (Å²) in [5.41, 5.74) is 21.9. The van der Waals surface area contributed by atoms with Gasteiger partial charge in [-0.1, -0.05) is 273 Å². The van der Waals surface area contributed by atoms with Crippen LogP contribution in [0.3, 0.4) is 0 Å². The summed E-state index contributed by atoms with van der Waals surface area (Å²) < 4.78 is 0. The molecule has 0 radical (unpaired) electrons. The van der Waals surface area contributed by atoms with E-state index in [2.05, 4.69) is 302 Å². The van der Waals surface area contributed by atoms with Gasteiger partial charge in [0, 0.05) is 16.8 Å². The fraction of sp³-hybridized carbons (Fsp3) is 0.0278. The van der Waals surface area contributed by atoms with Crippen molar-refractivity contribution in [1.29, 1.82) is 0 Å². The molecule has 0 unspecified atom stereocenters. The fourth-order valence-electron chi connectivity index (χ4n) is 13.0. The lowest BCUT2D eigenvalue weighted by molar-refractivity contribution is 0.767. The molecule has 0 saturated carbocycles. The molecule has 0 saturated heterocycles. The van der Waals surface area contributed by atoms with Gasteiger partial charge in [0.1, 0.15) is 0 Å². The minimum absolute atomic E-state index is 0.577. The van der Waals surface area contributed by atoms with E-state index < -0.39 is 10.8 Å². The van der Waals surface area contributed by atoms with Crippen molar-refractivity contribution in [2.24, 2.45) is 0 Å². The van der Waals surface area contributed by atoms with E-state index in [-0.39, 0.29) is 0 Å². The zero-order chi connectivity index (χ0) is 48.3. The van der Waals surface area contributed by atoms with E-state index in [1.807, 2.05) is 0 Å². The predicted molar refractivity (Wildman–Crippen MR) is 304 cm³/mol. The molecule has 2 aliphatic carbocycles. The smallest absolute Gasteiger partial charge is 0.0714 e. The quantitative estimate of drug-likeness (QED) is 0.139. The van der Waals surface area contributed by atoms with Crippen molar-refractivity contribution in [2.45, 2.75) is 10.8 Å². The summed E-state index contributed by atoms with van der Waals surface area (Å²) in [7, 11) is 0. The summed E-state index contributed by atoms with van der Waals surface area (Å²) in [6.45, 7) is 0. The first kappa shape index (κ1) is 42.6. The molecule has 14 rings (SSSR count). The largest absolute Gasteiger partial charge is 0.309 e. The second kappa shape index (κ2) is 17.2. The van der Waals surface area contributed by atoms with Gasteiger partial charge < -0.3 is 4.90 Å². The van der Waals surface area contributed by atoms with Crippen molar-refractivity contribution in [3.8, 4) is 44.5 Å². The standard InChI is InChI=1S/C72H49N/c1-5-25-50(26-6-1)57-41-21-27-51-28-22-42-61(69(51)57)60-39-16-20-47-67(60)73(56-36-23-35-55(49-56)72(54-33-11-4-12-34-54)63-43-17-13-37-58(63)59-38-14-18-44-64(59)72)68-48-24-46-66-70(68)62-40-15-19-45-65(62)71(66,52-29-7-2-8-30-52)53-31-9-3-10-32-53/h1-49H. The third-order valence-electron chi connectivity index (χ3n) is 15.8. The topological polar surface area (TPSA) is 3.24 Å². The maximum atomic E-state index is 2.58. The minimum Gasteiger partial charge on any atom is -0.309 e. The minimum atomic E-state index is -0.586. The van der Waals surface area contributed by atoms with Crippen LogP contribution in [0.4, 0.5) is 17.1 Å². The van der Waals surface area contributed by atoms with Crippen molar-refractivity contribution >= 4 is 27.8 Å². The SMILES string of the molecule is c1ccc(-c2cccc3cccc(-c4ccccc4N(c4cccc(C5(c6ccccc6)c6ccccc6-c6ccccc65)c4)c4cccc5c4-c4ccccc4C5(c4ccccc4)c4ccccc4)c23)cc1. The molecule has 0 bridgehead atoms. The highest BCUT2D eigenvalue weighted by atomic mass is 15.1. The number of benzene rings is 12.